The zero-order chi connectivity index (χ0) is 17.8. The second kappa shape index (κ2) is 7.76. The maximum atomic E-state index is 12.1. The molecule has 0 aromatic carbocycles. The predicted molar refractivity (Wildman–Crippen MR) is 80.5 cm³/mol. The molecule has 1 amide bonds. The highest BCUT2D eigenvalue weighted by Crippen LogP contribution is 2.27. The van der Waals surface area contributed by atoms with E-state index in [1.165, 1.54) is 13.8 Å². The van der Waals surface area contributed by atoms with Gasteiger partial charge in [-0.2, -0.15) is 13.2 Å². The van der Waals surface area contributed by atoms with Crippen LogP contribution in [-0.4, -0.2) is 39.6 Å². The molecule has 0 spiro atoms. The van der Waals surface area contributed by atoms with E-state index in [9.17, 15) is 22.8 Å². The molecule has 0 bridgehead atoms. The number of alkyl halides is 3. The number of thioether (sulfide) groups is 1. The van der Waals surface area contributed by atoms with Crippen LogP contribution >= 0.6 is 11.8 Å². The molecule has 0 saturated carbocycles. The Hall–Kier alpha value is -1.64. The Morgan fingerprint density at radius 3 is 2.39 bits per heavy atom. The van der Waals surface area contributed by atoms with Crippen molar-refractivity contribution < 1.29 is 22.8 Å². The number of nitrogens with one attached hydrogen (secondary N) is 1. The smallest absolute Gasteiger partial charge is 0.346 e. The first kappa shape index (κ1) is 19.4. The van der Waals surface area contributed by atoms with Crippen molar-refractivity contribution in [2.24, 2.45) is 0 Å². The minimum Gasteiger partial charge on any atom is -0.346 e. The number of hydrogen-bond donors (Lipinski definition) is 1. The molecule has 1 aromatic rings. The molecule has 0 radical (unpaired) electrons. The number of aromatic nitrogens is 2. The van der Waals surface area contributed by atoms with E-state index >= 15 is 0 Å². The number of halogens is 3. The lowest BCUT2D eigenvalue weighted by molar-refractivity contribution is -0.137. The summed E-state index contributed by atoms with van der Waals surface area (Å²) >= 11 is 0.950. The molecule has 5 nitrogen and oxygen atoms in total. The molecule has 0 aliphatic rings. The summed E-state index contributed by atoms with van der Waals surface area (Å²) in [6.07, 6.45) is -3.92. The Morgan fingerprint density at radius 1 is 1.30 bits per heavy atom. The maximum absolute atomic E-state index is 12.1. The second-order valence-electron chi connectivity index (χ2n) is 4.91. The number of carbonyl (C=O) groups is 2. The largest absolute Gasteiger partial charge is 0.405 e. The first-order chi connectivity index (χ1) is 10.5. The fourth-order valence-corrected chi connectivity index (χ4v) is 2.90. The number of hydrogen-bond acceptors (Lipinski definition) is 5. The fraction of sp³-hybridized carbons (Fsp3) is 0.571. The molecule has 0 aliphatic carbocycles. The van der Waals surface area contributed by atoms with E-state index in [1.54, 1.807) is 6.92 Å². The van der Waals surface area contributed by atoms with Gasteiger partial charge in [0.2, 0.25) is 5.91 Å². The Bertz CT molecular complexity index is 606. The molecule has 1 unspecified atom stereocenters. The van der Waals surface area contributed by atoms with Crippen molar-refractivity contribution in [3.8, 4) is 0 Å². The van der Waals surface area contributed by atoms with Crippen LogP contribution in [0.4, 0.5) is 13.2 Å². The standard InChI is InChI=1S/C14H18F3N3O2S/c1-5-10-19-7(2)11(8(3)21)13(20-10)23-9(4)12(22)18-6-14(15,16)17/h9H,5-6H2,1-4H3,(H,18,22). The zero-order valence-electron chi connectivity index (χ0n) is 13.2. The monoisotopic (exact) mass is 349 g/mol. The SMILES string of the molecule is CCc1nc(C)c(C(C)=O)c(SC(C)C(=O)NCC(F)(F)F)n1. The van der Waals surface area contributed by atoms with Gasteiger partial charge in [0, 0.05) is 6.42 Å². The van der Waals surface area contributed by atoms with Crippen LogP contribution < -0.4 is 5.32 Å². The molecular weight excluding hydrogens is 331 g/mol. The van der Waals surface area contributed by atoms with Crippen molar-refractivity contribution in [2.75, 3.05) is 6.54 Å². The Labute approximate surface area is 136 Å². The molecule has 0 fully saturated rings. The molecule has 9 heteroatoms. The van der Waals surface area contributed by atoms with Crippen LogP contribution in [0.2, 0.25) is 0 Å². The minimum absolute atomic E-state index is 0.254. The lowest BCUT2D eigenvalue weighted by atomic mass is 10.2. The first-order valence-electron chi connectivity index (χ1n) is 6.94. The van der Waals surface area contributed by atoms with Crippen molar-refractivity contribution in [2.45, 2.75) is 50.6 Å². The van der Waals surface area contributed by atoms with Gasteiger partial charge in [-0.3, -0.25) is 9.59 Å². The van der Waals surface area contributed by atoms with Crippen molar-refractivity contribution in [1.29, 1.82) is 0 Å². The molecule has 23 heavy (non-hydrogen) atoms. The number of carbonyl (C=O) groups excluding carboxylic acids is 2. The second-order valence-corrected chi connectivity index (χ2v) is 6.24. The highest BCUT2D eigenvalue weighted by Gasteiger charge is 2.29. The number of rotatable bonds is 6. The van der Waals surface area contributed by atoms with E-state index in [-0.39, 0.29) is 5.78 Å². The van der Waals surface area contributed by atoms with Gasteiger partial charge in [-0.25, -0.2) is 9.97 Å². The summed E-state index contributed by atoms with van der Waals surface area (Å²) in [6, 6.07) is 0. The molecule has 1 rings (SSSR count). The van der Waals surface area contributed by atoms with E-state index in [0.29, 0.717) is 28.5 Å². The van der Waals surface area contributed by atoms with Gasteiger partial charge in [0.05, 0.1) is 16.5 Å². The lowest BCUT2D eigenvalue weighted by Crippen LogP contribution is -2.38. The maximum Gasteiger partial charge on any atom is 0.405 e. The van der Waals surface area contributed by atoms with Crippen LogP contribution in [-0.2, 0) is 11.2 Å². The van der Waals surface area contributed by atoms with E-state index in [1.807, 2.05) is 12.2 Å². The summed E-state index contributed by atoms with van der Waals surface area (Å²) in [7, 11) is 0. The Kier molecular flexibility index (Phi) is 6.55. The van der Waals surface area contributed by atoms with Gasteiger partial charge in [0.1, 0.15) is 17.4 Å². The van der Waals surface area contributed by atoms with Crippen molar-refractivity contribution in [3.63, 3.8) is 0 Å². The molecule has 1 heterocycles. The van der Waals surface area contributed by atoms with Gasteiger partial charge in [-0.15, -0.1) is 0 Å². The quantitative estimate of drug-likeness (QED) is 0.486. The van der Waals surface area contributed by atoms with Gasteiger partial charge in [-0.05, 0) is 20.8 Å². The number of aryl methyl sites for hydroxylation is 2. The Balaban J connectivity index is 2.96. The zero-order valence-corrected chi connectivity index (χ0v) is 14.1. The van der Waals surface area contributed by atoms with Gasteiger partial charge in [-0.1, -0.05) is 18.7 Å². The third-order valence-corrected chi connectivity index (χ3v) is 3.98. The lowest BCUT2D eigenvalue weighted by Gasteiger charge is -2.15. The molecular formula is C14H18F3N3O2S. The Morgan fingerprint density at radius 2 is 1.91 bits per heavy atom. The van der Waals surface area contributed by atoms with Gasteiger partial charge >= 0.3 is 6.18 Å². The van der Waals surface area contributed by atoms with E-state index in [0.717, 1.165) is 11.8 Å². The van der Waals surface area contributed by atoms with Crippen LogP contribution in [0.1, 0.15) is 42.6 Å². The summed E-state index contributed by atoms with van der Waals surface area (Å²) in [5, 5.41) is 1.31. The highest BCUT2D eigenvalue weighted by atomic mass is 32.2. The highest BCUT2D eigenvalue weighted by molar-refractivity contribution is 8.00. The summed E-state index contributed by atoms with van der Waals surface area (Å²) in [4.78, 5) is 31.9. The summed E-state index contributed by atoms with van der Waals surface area (Å²) in [5.41, 5.74) is 0.789. The van der Waals surface area contributed by atoms with E-state index in [4.69, 9.17) is 0 Å². The van der Waals surface area contributed by atoms with Crippen molar-refractivity contribution in [1.82, 2.24) is 15.3 Å². The van der Waals surface area contributed by atoms with E-state index < -0.39 is 23.9 Å². The van der Waals surface area contributed by atoms with Gasteiger partial charge in [0.15, 0.2) is 5.78 Å². The van der Waals surface area contributed by atoms with E-state index in [2.05, 4.69) is 9.97 Å². The number of ketones is 1. The molecule has 0 saturated heterocycles. The topological polar surface area (TPSA) is 72.0 Å². The summed E-state index contributed by atoms with van der Waals surface area (Å²) < 4.78 is 36.4. The van der Waals surface area contributed by atoms with Crippen LogP contribution in [0.5, 0.6) is 0 Å². The number of nitrogens with zero attached hydrogens (tertiary/aromatic N) is 2. The fourth-order valence-electron chi connectivity index (χ4n) is 1.80. The van der Waals surface area contributed by atoms with Gasteiger partial charge in [0.25, 0.3) is 0 Å². The minimum atomic E-state index is -4.47. The summed E-state index contributed by atoms with van der Waals surface area (Å²) in [6.45, 7) is 4.94. The summed E-state index contributed by atoms with van der Waals surface area (Å²) in [5.74, 6) is -0.510. The van der Waals surface area contributed by atoms with Crippen LogP contribution in [0.3, 0.4) is 0 Å². The predicted octanol–water partition coefficient (Wildman–Crippen LogP) is 2.71. The normalized spacial score (nSPS) is 12.8. The third-order valence-electron chi connectivity index (χ3n) is 2.89. The molecule has 1 atom stereocenters. The van der Waals surface area contributed by atoms with Crippen LogP contribution in [0.25, 0.3) is 0 Å². The average molecular weight is 349 g/mol. The van der Waals surface area contributed by atoms with Gasteiger partial charge < -0.3 is 5.32 Å². The molecule has 0 aliphatic heterocycles. The van der Waals surface area contributed by atoms with Crippen LogP contribution in [0.15, 0.2) is 5.03 Å². The molecule has 128 valence electrons. The number of Topliss-reactive ketones (excluding diaryl/α,β-unsaturated/α-hetero) is 1. The van der Waals surface area contributed by atoms with Crippen molar-refractivity contribution >= 4 is 23.5 Å². The molecule has 1 aromatic heterocycles. The molecule has 1 N–H and O–H groups in total. The average Bonchev–Trinajstić information content (AvgIpc) is 2.42. The van der Waals surface area contributed by atoms with Crippen molar-refractivity contribution in [3.05, 3.63) is 17.1 Å². The third kappa shape index (κ3) is 5.81. The first-order valence-corrected chi connectivity index (χ1v) is 7.82. The van der Waals surface area contributed by atoms with Crippen LogP contribution in [0, 0.1) is 6.92 Å². The number of amides is 1.